The first kappa shape index (κ1) is 34.9. The van der Waals surface area contributed by atoms with Crippen molar-refractivity contribution in [2.45, 2.75) is 36.0 Å². The number of benzene rings is 8. The second-order valence-electron chi connectivity index (χ2n) is 16.0. The molecule has 0 N–H and O–H groups in total. The van der Waals surface area contributed by atoms with Gasteiger partial charge in [0.15, 0.2) is 0 Å². The van der Waals surface area contributed by atoms with Gasteiger partial charge in [0.25, 0.3) is 0 Å². The molecule has 8 aromatic rings. The zero-order chi connectivity index (χ0) is 38.7. The first-order valence-electron chi connectivity index (χ1n) is 19.6. The molecule has 57 heavy (non-hydrogen) atoms. The lowest BCUT2D eigenvalue weighted by Gasteiger charge is -2.43. The third-order valence-corrected chi connectivity index (χ3v) is 12.7. The molecule has 0 unspecified atom stereocenters. The van der Waals surface area contributed by atoms with E-state index in [2.05, 4.69) is 208 Å². The molecule has 0 bridgehead atoms. The molecule has 2 aliphatic heterocycles. The third-order valence-electron chi connectivity index (χ3n) is 11.5. The molecule has 0 amide bonds. The minimum Gasteiger partial charge on any atom is -0.310 e. The van der Waals surface area contributed by atoms with Gasteiger partial charge in [-0.25, -0.2) is 0 Å². The topological polar surface area (TPSA) is 27.0 Å². The summed E-state index contributed by atoms with van der Waals surface area (Å²) < 4.78 is 0. The summed E-state index contributed by atoms with van der Waals surface area (Å²) in [5, 5.41) is 10.8. The van der Waals surface area contributed by atoms with Crippen molar-refractivity contribution in [3.05, 3.63) is 193 Å². The van der Waals surface area contributed by atoms with Crippen LogP contribution in [0, 0.1) is 11.3 Å². The summed E-state index contributed by atoms with van der Waals surface area (Å²) in [5.74, 6) is 0. The maximum absolute atomic E-state index is 10.8. The highest BCUT2D eigenvalue weighted by Crippen LogP contribution is 2.50. The smallest absolute Gasteiger partial charge is 0.249 e. The lowest BCUT2D eigenvalue weighted by molar-refractivity contribution is 0.589. The van der Waals surface area contributed by atoms with Crippen LogP contribution >= 0.6 is 11.8 Å². The Kier molecular flexibility index (Phi) is 8.51. The Labute approximate surface area is 340 Å². The van der Waals surface area contributed by atoms with E-state index in [-0.39, 0.29) is 12.1 Å². The number of nitriles is 1. The minimum absolute atomic E-state index is 0.102. The second-order valence-corrected chi connectivity index (χ2v) is 17.1. The maximum Gasteiger partial charge on any atom is 0.249 e. The van der Waals surface area contributed by atoms with Gasteiger partial charge < -0.3 is 4.90 Å². The van der Waals surface area contributed by atoms with Crippen molar-refractivity contribution in [3.8, 4) is 50.6 Å². The van der Waals surface area contributed by atoms with Gasteiger partial charge in [0.2, 0.25) is 6.71 Å². The van der Waals surface area contributed by atoms with Crippen molar-refractivity contribution >= 4 is 51.9 Å². The highest BCUT2D eigenvalue weighted by atomic mass is 32.2. The lowest BCUT2D eigenvalue weighted by atomic mass is 9.34. The molecule has 0 saturated heterocycles. The van der Waals surface area contributed by atoms with Crippen LogP contribution in [0.3, 0.4) is 0 Å². The normalized spacial score (nSPS) is 12.7. The van der Waals surface area contributed by atoms with Crippen LogP contribution in [0.15, 0.2) is 192 Å². The summed E-state index contributed by atoms with van der Waals surface area (Å²) >= 11 is 1.76. The second kappa shape index (κ2) is 13.9. The molecule has 10 rings (SSSR count). The largest absolute Gasteiger partial charge is 0.310 e. The standard InChI is InChI=1S/C53H39BN2S/c1-53(2,3)42-32-48-50-49(33-42)57-52-41(34-55)29-40(36-19-10-5-11-20-36)31-46(52)54(50)45-30-39(35-17-8-4-9-18-35)27-28-47(45)56(48)51-43(37-21-12-6-13-22-37)25-16-26-44(51)38-23-14-7-15-24-38/h4-33H,1-3H3. The van der Waals surface area contributed by atoms with Gasteiger partial charge in [-0.2, -0.15) is 5.26 Å². The van der Waals surface area contributed by atoms with Gasteiger partial charge in [0.1, 0.15) is 6.07 Å². The average Bonchev–Trinajstić information content (AvgIpc) is 3.26. The van der Waals surface area contributed by atoms with Gasteiger partial charge in [-0.15, -0.1) is 0 Å². The number of anilines is 3. The van der Waals surface area contributed by atoms with Gasteiger partial charge >= 0.3 is 0 Å². The molecular formula is C53H39BN2S. The Morgan fingerprint density at radius 2 is 1.05 bits per heavy atom. The van der Waals surface area contributed by atoms with E-state index in [9.17, 15) is 5.26 Å². The number of rotatable bonds is 5. The Hall–Kier alpha value is -6.54. The Morgan fingerprint density at radius 1 is 0.509 bits per heavy atom. The van der Waals surface area contributed by atoms with Crippen molar-refractivity contribution in [1.29, 1.82) is 5.26 Å². The number of para-hydroxylation sites is 1. The van der Waals surface area contributed by atoms with Crippen molar-refractivity contribution < 1.29 is 0 Å². The summed E-state index contributed by atoms with van der Waals surface area (Å²) in [5.41, 5.74) is 18.2. The number of hydrogen-bond donors (Lipinski definition) is 0. The molecule has 0 fully saturated rings. The van der Waals surface area contributed by atoms with Gasteiger partial charge in [0, 0.05) is 32.3 Å². The van der Waals surface area contributed by atoms with E-state index in [1.54, 1.807) is 11.8 Å². The van der Waals surface area contributed by atoms with Crippen LogP contribution in [0.1, 0.15) is 31.9 Å². The lowest BCUT2D eigenvalue weighted by Crippen LogP contribution is -2.60. The summed E-state index contributed by atoms with van der Waals surface area (Å²) in [6.07, 6.45) is 0. The van der Waals surface area contributed by atoms with Crippen LogP contribution in [0.2, 0.25) is 0 Å². The summed E-state index contributed by atoms with van der Waals surface area (Å²) in [6.45, 7) is 6.80. The van der Waals surface area contributed by atoms with Crippen LogP contribution in [0.5, 0.6) is 0 Å². The van der Waals surface area contributed by atoms with Crippen molar-refractivity contribution in [2.75, 3.05) is 4.90 Å². The van der Waals surface area contributed by atoms with Crippen LogP contribution in [-0.4, -0.2) is 6.71 Å². The minimum atomic E-state index is -0.124. The fourth-order valence-electron chi connectivity index (χ4n) is 8.71. The molecule has 4 heteroatoms. The number of nitrogens with zero attached hydrogens (tertiary/aromatic N) is 2. The highest BCUT2D eigenvalue weighted by molar-refractivity contribution is 8.00. The van der Waals surface area contributed by atoms with Gasteiger partial charge in [-0.05, 0) is 79.6 Å². The monoisotopic (exact) mass is 746 g/mol. The summed E-state index contributed by atoms with van der Waals surface area (Å²) in [4.78, 5) is 4.82. The molecule has 2 heterocycles. The van der Waals surface area contributed by atoms with Gasteiger partial charge in [0.05, 0.1) is 11.3 Å². The Morgan fingerprint density at radius 3 is 1.61 bits per heavy atom. The van der Waals surface area contributed by atoms with Gasteiger partial charge in [-0.1, -0.05) is 196 Å². The highest BCUT2D eigenvalue weighted by Gasteiger charge is 2.43. The molecule has 0 saturated carbocycles. The zero-order valence-corrected chi connectivity index (χ0v) is 33.0. The predicted octanol–water partition coefficient (Wildman–Crippen LogP) is 12.3. The molecule has 0 spiro atoms. The summed E-state index contributed by atoms with van der Waals surface area (Å²) in [6, 6.07) is 68.5. The molecule has 2 nitrogen and oxygen atoms in total. The quantitative estimate of drug-likeness (QED) is 0.164. The van der Waals surface area contributed by atoms with Crippen LogP contribution in [0.25, 0.3) is 44.5 Å². The van der Waals surface area contributed by atoms with E-state index < -0.39 is 0 Å². The fraction of sp³-hybridized carbons (Fsp3) is 0.0755. The van der Waals surface area contributed by atoms with E-state index in [0.717, 1.165) is 27.4 Å². The maximum atomic E-state index is 10.8. The summed E-state index contributed by atoms with van der Waals surface area (Å²) in [7, 11) is 0. The first-order valence-corrected chi connectivity index (χ1v) is 20.4. The van der Waals surface area contributed by atoms with Gasteiger partial charge in [-0.3, -0.25) is 0 Å². The molecule has 0 atom stereocenters. The van der Waals surface area contributed by atoms with Crippen molar-refractivity contribution in [2.24, 2.45) is 0 Å². The molecule has 0 aromatic heterocycles. The average molecular weight is 747 g/mol. The van der Waals surface area contributed by atoms with E-state index in [1.807, 2.05) is 6.07 Å². The van der Waals surface area contributed by atoms with E-state index >= 15 is 0 Å². The number of fused-ring (bicyclic) bond motifs is 4. The van der Waals surface area contributed by atoms with Crippen molar-refractivity contribution in [3.63, 3.8) is 0 Å². The van der Waals surface area contributed by atoms with Crippen LogP contribution < -0.4 is 21.3 Å². The third kappa shape index (κ3) is 5.98. The Bertz CT molecular complexity index is 2800. The zero-order valence-electron chi connectivity index (χ0n) is 32.2. The van der Waals surface area contributed by atoms with E-state index in [4.69, 9.17) is 0 Å². The van der Waals surface area contributed by atoms with E-state index in [0.29, 0.717) is 5.56 Å². The molecule has 270 valence electrons. The van der Waals surface area contributed by atoms with Crippen molar-refractivity contribution in [1.82, 2.24) is 0 Å². The SMILES string of the molecule is CC(C)(C)c1cc2c3c(c1)N(c1c(-c4ccccc4)cccc1-c1ccccc1)c1ccc(-c4ccccc4)cc1B3c1cc(-c3ccccc3)cc(C#N)c1S2. The first-order chi connectivity index (χ1) is 27.9. The molecular weight excluding hydrogens is 707 g/mol. The van der Waals surface area contributed by atoms with Crippen LogP contribution in [-0.2, 0) is 5.41 Å². The fourth-order valence-corrected chi connectivity index (χ4v) is 9.96. The number of hydrogen-bond acceptors (Lipinski definition) is 3. The van der Waals surface area contributed by atoms with E-state index in [1.165, 1.54) is 65.9 Å². The molecule has 8 aromatic carbocycles. The van der Waals surface area contributed by atoms with Crippen LogP contribution in [0.4, 0.5) is 17.1 Å². The molecule has 0 radical (unpaired) electrons. The molecule has 2 aliphatic rings. The predicted molar refractivity (Wildman–Crippen MR) is 242 cm³/mol. The Balaban J connectivity index is 1.34. The molecule has 0 aliphatic carbocycles.